The summed E-state index contributed by atoms with van der Waals surface area (Å²) >= 11 is 0. The summed E-state index contributed by atoms with van der Waals surface area (Å²) in [6.45, 7) is 0. The largest absolute Gasteiger partial charge is 0.0879 e. The molecule has 0 aromatic heterocycles. The number of hydrogen-bond acceptors (Lipinski definition) is 0. The maximum atomic E-state index is 3.86. The van der Waals surface area contributed by atoms with Crippen molar-refractivity contribution in [3.63, 3.8) is 0 Å². The first-order valence-electron chi connectivity index (χ1n) is 5.32. The topological polar surface area (TPSA) is 0 Å². The van der Waals surface area contributed by atoms with Gasteiger partial charge in [-0.05, 0) is 35.4 Å². The summed E-state index contributed by atoms with van der Waals surface area (Å²) in [7, 11) is 3.86. The van der Waals surface area contributed by atoms with Crippen LogP contribution in [0.2, 0.25) is 5.54 Å². The van der Waals surface area contributed by atoms with Crippen LogP contribution in [0.15, 0.2) is 36.4 Å². The molecule has 69 valence electrons. The summed E-state index contributed by atoms with van der Waals surface area (Å²) in [5.74, 6) is 1.46. The van der Waals surface area contributed by atoms with Gasteiger partial charge in [0.15, 0.2) is 0 Å². The molecule has 0 saturated carbocycles. The highest BCUT2D eigenvalue weighted by atomic mass is 28.1. The molecule has 0 nitrogen and oxygen atoms in total. The van der Waals surface area contributed by atoms with E-state index in [1.165, 1.54) is 12.8 Å². The first-order chi connectivity index (χ1) is 6.86. The van der Waals surface area contributed by atoms with Crippen molar-refractivity contribution in [3.8, 4) is 0 Å². The molecule has 14 heavy (non-hydrogen) atoms. The minimum absolute atomic E-state index is 0.664. The Balaban J connectivity index is 2.07. The normalized spacial score (nSPS) is 33.9. The molecule has 3 rings (SSSR count). The SMILES string of the molecule is [Si]C1CC=CC2c3ccccc3CC12. The molecule has 0 aliphatic heterocycles. The van der Waals surface area contributed by atoms with E-state index < -0.39 is 0 Å². The quantitative estimate of drug-likeness (QED) is 0.443. The van der Waals surface area contributed by atoms with E-state index >= 15 is 0 Å². The number of rotatable bonds is 0. The number of fused-ring (bicyclic) bond motifs is 3. The third kappa shape index (κ3) is 1.12. The van der Waals surface area contributed by atoms with Crippen LogP contribution < -0.4 is 0 Å². The Bertz CT molecular complexity index is 381. The number of benzene rings is 1. The maximum Gasteiger partial charge on any atom is 0.0274 e. The van der Waals surface area contributed by atoms with Crippen LogP contribution in [0.3, 0.4) is 0 Å². The van der Waals surface area contributed by atoms with Gasteiger partial charge in [0.25, 0.3) is 0 Å². The predicted octanol–water partition coefficient (Wildman–Crippen LogP) is 2.86. The zero-order chi connectivity index (χ0) is 9.54. The lowest BCUT2D eigenvalue weighted by Crippen LogP contribution is -2.16. The van der Waals surface area contributed by atoms with Crippen LogP contribution in [-0.4, -0.2) is 10.2 Å². The Morgan fingerprint density at radius 1 is 1.21 bits per heavy atom. The molecule has 2 aliphatic rings. The van der Waals surface area contributed by atoms with Crippen molar-refractivity contribution in [3.05, 3.63) is 47.5 Å². The van der Waals surface area contributed by atoms with E-state index in [2.05, 4.69) is 46.7 Å². The zero-order valence-corrected chi connectivity index (χ0v) is 9.11. The molecule has 0 saturated heterocycles. The van der Waals surface area contributed by atoms with E-state index in [0.717, 1.165) is 5.92 Å². The molecule has 0 heterocycles. The van der Waals surface area contributed by atoms with Gasteiger partial charge in [-0.25, -0.2) is 0 Å². The maximum absolute atomic E-state index is 3.86. The smallest absolute Gasteiger partial charge is 0.0274 e. The van der Waals surface area contributed by atoms with E-state index in [1.807, 2.05) is 0 Å². The average molecular weight is 197 g/mol. The van der Waals surface area contributed by atoms with Crippen LogP contribution in [0.5, 0.6) is 0 Å². The molecule has 0 N–H and O–H groups in total. The predicted molar refractivity (Wildman–Crippen MR) is 59.6 cm³/mol. The first-order valence-corrected chi connectivity index (χ1v) is 5.89. The van der Waals surface area contributed by atoms with E-state index in [0.29, 0.717) is 11.5 Å². The van der Waals surface area contributed by atoms with Crippen molar-refractivity contribution in [2.24, 2.45) is 5.92 Å². The van der Waals surface area contributed by atoms with E-state index in [4.69, 9.17) is 0 Å². The van der Waals surface area contributed by atoms with Crippen LogP contribution in [0.25, 0.3) is 0 Å². The van der Waals surface area contributed by atoms with Crippen LogP contribution in [0.1, 0.15) is 23.5 Å². The fourth-order valence-electron chi connectivity index (χ4n) is 2.84. The Kier molecular flexibility index (Phi) is 1.87. The molecule has 3 radical (unpaired) electrons. The van der Waals surface area contributed by atoms with E-state index in [1.54, 1.807) is 11.1 Å². The highest BCUT2D eigenvalue weighted by Gasteiger charge is 2.35. The fraction of sp³-hybridized carbons (Fsp3) is 0.385. The van der Waals surface area contributed by atoms with Gasteiger partial charge >= 0.3 is 0 Å². The van der Waals surface area contributed by atoms with Gasteiger partial charge in [0.2, 0.25) is 0 Å². The van der Waals surface area contributed by atoms with Crippen molar-refractivity contribution in [2.45, 2.75) is 24.3 Å². The average Bonchev–Trinajstić information content (AvgIpc) is 2.59. The second-order valence-corrected chi connectivity index (χ2v) is 5.10. The summed E-state index contributed by atoms with van der Waals surface area (Å²) in [4.78, 5) is 0. The molecule has 0 spiro atoms. The molecule has 1 heteroatoms. The van der Waals surface area contributed by atoms with Crippen molar-refractivity contribution >= 4 is 10.2 Å². The molecule has 1 aromatic rings. The summed E-state index contributed by atoms with van der Waals surface area (Å²) < 4.78 is 0. The molecule has 0 amide bonds. The summed E-state index contributed by atoms with van der Waals surface area (Å²) in [5, 5.41) is 0. The van der Waals surface area contributed by atoms with Crippen LogP contribution >= 0.6 is 0 Å². The van der Waals surface area contributed by atoms with Crippen LogP contribution in [0.4, 0.5) is 0 Å². The molecular formula is C13H13Si. The summed E-state index contributed by atoms with van der Waals surface area (Å²) in [6, 6.07) is 8.88. The Morgan fingerprint density at radius 2 is 2.07 bits per heavy atom. The second-order valence-electron chi connectivity index (χ2n) is 4.36. The van der Waals surface area contributed by atoms with Gasteiger partial charge in [-0.2, -0.15) is 0 Å². The molecule has 0 fully saturated rings. The number of allylic oxidation sites excluding steroid dienone is 2. The van der Waals surface area contributed by atoms with Crippen molar-refractivity contribution < 1.29 is 0 Å². The Hall–Kier alpha value is -0.823. The highest BCUT2D eigenvalue weighted by Crippen LogP contribution is 2.47. The lowest BCUT2D eigenvalue weighted by molar-refractivity contribution is 0.461. The fourth-order valence-corrected chi connectivity index (χ4v) is 3.30. The standard InChI is InChI=1S/C13H13Si/c14-13-7-3-6-11-10-5-2-1-4-9(10)8-12(11)13/h1-6,11-13H,7-8H2. The monoisotopic (exact) mass is 197 g/mol. The number of hydrogen-bond donors (Lipinski definition) is 0. The first kappa shape index (κ1) is 8.48. The van der Waals surface area contributed by atoms with Crippen molar-refractivity contribution in [1.82, 2.24) is 0 Å². The second kappa shape index (κ2) is 3.09. The van der Waals surface area contributed by atoms with Gasteiger partial charge in [-0.3, -0.25) is 0 Å². The van der Waals surface area contributed by atoms with E-state index in [9.17, 15) is 0 Å². The van der Waals surface area contributed by atoms with Gasteiger partial charge in [0, 0.05) is 16.2 Å². The molecule has 3 unspecified atom stereocenters. The Morgan fingerprint density at radius 3 is 3.00 bits per heavy atom. The lowest BCUT2D eigenvalue weighted by atomic mass is 9.84. The Labute approximate surface area is 88.5 Å². The zero-order valence-electron chi connectivity index (χ0n) is 8.11. The minimum atomic E-state index is 0.664. The molecule has 2 aliphatic carbocycles. The van der Waals surface area contributed by atoms with Gasteiger partial charge in [-0.1, -0.05) is 36.4 Å². The molecular weight excluding hydrogens is 184 g/mol. The van der Waals surface area contributed by atoms with Crippen molar-refractivity contribution in [1.29, 1.82) is 0 Å². The summed E-state index contributed by atoms with van der Waals surface area (Å²) in [6.07, 6.45) is 7.15. The van der Waals surface area contributed by atoms with E-state index in [-0.39, 0.29) is 0 Å². The van der Waals surface area contributed by atoms with Crippen molar-refractivity contribution in [2.75, 3.05) is 0 Å². The lowest BCUT2D eigenvalue weighted by Gasteiger charge is -2.27. The molecule has 0 bridgehead atoms. The highest BCUT2D eigenvalue weighted by molar-refractivity contribution is 6.12. The van der Waals surface area contributed by atoms with Crippen LogP contribution in [-0.2, 0) is 6.42 Å². The van der Waals surface area contributed by atoms with Gasteiger partial charge < -0.3 is 0 Å². The minimum Gasteiger partial charge on any atom is -0.0879 e. The third-order valence-corrected chi connectivity index (χ3v) is 4.25. The van der Waals surface area contributed by atoms with Gasteiger partial charge in [0.1, 0.15) is 0 Å². The molecule has 1 aromatic carbocycles. The van der Waals surface area contributed by atoms with Crippen LogP contribution in [0, 0.1) is 5.92 Å². The van der Waals surface area contributed by atoms with Gasteiger partial charge in [-0.15, -0.1) is 0 Å². The third-order valence-electron chi connectivity index (χ3n) is 3.58. The summed E-state index contributed by atoms with van der Waals surface area (Å²) in [5.41, 5.74) is 3.77. The molecule has 3 atom stereocenters. The van der Waals surface area contributed by atoms with Gasteiger partial charge in [0.05, 0.1) is 0 Å².